The number of carbonyl (C=O) groups is 2. The van der Waals surface area contributed by atoms with Crippen LogP contribution in [-0.2, 0) is 4.79 Å². The van der Waals surface area contributed by atoms with E-state index in [0.717, 1.165) is 45.3 Å². The second-order valence-corrected chi connectivity index (χ2v) is 6.20. The molecule has 3 amide bonds. The number of urea groups is 1. The molecule has 2 aliphatic heterocycles. The average molecular weight is 333 g/mol. The molecule has 2 saturated heterocycles. The monoisotopic (exact) mass is 332 g/mol. The Morgan fingerprint density at radius 2 is 1.77 bits per heavy atom. The SMILES string of the molecule is CNC(C)CNC(=O)C1CCCN(C(=O)N2CCCC2)C1.Cl. The van der Waals surface area contributed by atoms with Crippen LogP contribution in [0.5, 0.6) is 0 Å². The predicted molar refractivity (Wildman–Crippen MR) is 89.3 cm³/mol. The molecule has 2 unspecified atom stereocenters. The van der Waals surface area contributed by atoms with Crippen molar-refractivity contribution in [3.63, 3.8) is 0 Å². The summed E-state index contributed by atoms with van der Waals surface area (Å²) in [7, 11) is 1.88. The second-order valence-electron chi connectivity index (χ2n) is 6.20. The van der Waals surface area contributed by atoms with Crippen molar-refractivity contribution in [2.75, 3.05) is 39.8 Å². The zero-order valence-corrected chi connectivity index (χ0v) is 14.5. The third kappa shape index (κ3) is 5.02. The van der Waals surface area contributed by atoms with Gasteiger partial charge in [0.2, 0.25) is 5.91 Å². The van der Waals surface area contributed by atoms with E-state index in [-0.39, 0.29) is 36.3 Å². The molecule has 0 radical (unpaired) electrons. The van der Waals surface area contributed by atoms with E-state index < -0.39 is 0 Å². The van der Waals surface area contributed by atoms with Gasteiger partial charge in [0.25, 0.3) is 0 Å². The van der Waals surface area contributed by atoms with Gasteiger partial charge in [0.15, 0.2) is 0 Å². The Labute approximate surface area is 139 Å². The third-order valence-corrected chi connectivity index (χ3v) is 4.51. The summed E-state index contributed by atoms with van der Waals surface area (Å²) in [6.45, 7) is 5.75. The number of nitrogens with one attached hydrogen (secondary N) is 2. The molecule has 128 valence electrons. The Morgan fingerprint density at radius 3 is 2.41 bits per heavy atom. The maximum absolute atomic E-state index is 12.4. The average Bonchev–Trinajstić information content (AvgIpc) is 3.06. The Kier molecular flexibility index (Phi) is 7.96. The highest BCUT2D eigenvalue weighted by Crippen LogP contribution is 2.19. The number of halogens is 1. The lowest BCUT2D eigenvalue weighted by Gasteiger charge is -2.34. The van der Waals surface area contributed by atoms with Crippen LogP contribution in [-0.4, -0.2) is 67.6 Å². The summed E-state index contributed by atoms with van der Waals surface area (Å²) in [5, 5.41) is 6.08. The van der Waals surface area contributed by atoms with Crippen molar-refractivity contribution in [2.24, 2.45) is 5.92 Å². The zero-order valence-electron chi connectivity index (χ0n) is 13.6. The summed E-state index contributed by atoms with van der Waals surface area (Å²) >= 11 is 0. The number of nitrogens with zero attached hydrogens (tertiary/aromatic N) is 2. The lowest BCUT2D eigenvalue weighted by molar-refractivity contribution is -0.126. The first-order valence-corrected chi connectivity index (χ1v) is 8.10. The highest BCUT2D eigenvalue weighted by atomic mass is 35.5. The Hall–Kier alpha value is -1.01. The first-order chi connectivity index (χ1) is 10.1. The van der Waals surface area contributed by atoms with Crippen molar-refractivity contribution in [2.45, 2.75) is 38.6 Å². The molecule has 2 rings (SSSR count). The maximum Gasteiger partial charge on any atom is 0.320 e. The van der Waals surface area contributed by atoms with Gasteiger partial charge in [0, 0.05) is 38.8 Å². The van der Waals surface area contributed by atoms with Crippen molar-refractivity contribution >= 4 is 24.3 Å². The van der Waals surface area contributed by atoms with E-state index in [0.29, 0.717) is 13.1 Å². The van der Waals surface area contributed by atoms with Gasteiger partial charge in [-0.05, 0) is 39.7 Å². The molecule has 6 nitrogen and oxygen atoms in total. The largest absolute Gasteiger partial charge is 0.354 e. The predicted octanol–water partition coefficient (Wildman–Crippen LogP) is 1.06. The molecule has 0 saturated carbocycles. The van der Waals surface area contributed by atoms with Crippen molar-refractivity contribution in [1.29, 1.82) is 0 Å². The van der Waals surface area contributed by atoms with Crippen LogP contribution in [0.4, 0.5) is 4.79 Å². The Bertz CT molecular complexity index is 375. The molecule has 0 bridgehead atoms. The highest BCUT2D eigenvalue weighted by molar-refractivity contribution is 5.85. The molecule has 0 aromatic carbocycles. The minimum atomic E-state index is -0.0608. The van der Waals surface area contributed by atoms with Gasteiger partial charge in [-0.3, -0.25) is 4.79 Å². The fourth-order valence-electron chi connectivity index (χ4n) is 2.97. The number of likely N-dealkylation sites (N-methyl/N-ethyl adjacent to an activating group) is 1. The maximum atomic E-state index is 12.4. The first kappa shape index (κ1) is 19.0. The summed E-state index contributed by atoms with van der Waals surface area (Å²) in [4.78, 5) is 28.4. The van der Waals surface area contributed by atoms with Gasteiger partial charge < -0.3 is 20.4 Å². The quantitative estimate of drug-likeness (QED) is 0.809. The number of piperidine rings is 1. The second kappa shape index (κ2) is 9.20. The molecule has 2 fully saturated rings. The van der Waals surface area contributed by atoms with Crippen molar-refractivity contribution < 1.29 is 9.59 Å². The van der Waals surface area contributed by atoms with E-state index in [1.807, 2.05) is 23.8 Å². The molecule has 2 N–H and O–H groups in total. The molecular formula is C15H29ClN4O2. The number of amides is 3. The molecule has 22 heavy (non-hydrogen) atoms. The topological polar surface area (TPSA) is 64.7 Å². The number of hydrogen-bond donors (Lipinski definition) is 2. The minimum Gasteiger partial charge on any atom is -0.354 e. The van der Waals surface area contributed by atoms with Crippen molar-refractivity contribution in [3.8, 4) is 0 Å². The molecule has 0 aromatic heterocycles. The van der Waals surface area contributed by atoms with Gasteiger partial charge >= 0.3 is 6.03 Å². The summed E-state index contributed by atoms with van der Waals surface area (Å²) in [5.74, 6) is 0.0189. The fraction of sp³-hybridized carbons (Fsp3) is 0.867. The number of likely N-dealkylation sites (tertiary alicyclic amines) is 2. The molecule has 0 aliphatic carbocycles. The van der Waals surface area contributed by atoms with E-state index in [1.165, 1.54) is 0 Å². The van der Waals surface area contributed by atoms with E-state index in [9.17, 15) is 9.59 Å². The third-order valence-electron chi connectivity index (χ3n) is 4.51. The van der Waals surface area contributed by atoms with E-state index in [4.69, 9.17) is 0 Å². The smallest absolute Gasteiger partial charge is 0.320 e. The van der Waals surface area contributed by atoms with Crippen LogP contribution in [0, 0.1) is 5.92 Å². The molecule has 2 aliphatic rings. The minimum absolute atomic E-state index is 0. The Morgan fingerprint density at radius 1 is 1.14 bits per heavy atom. The summed E-state index contributed by atoms with van der Waals surface area (Å²) in [6, 6.07) is 0.383. The fourth-order valence-corrected chi connectivity index (χ4v) is 2.97. The first-order valence-electron chi connectivity index (χ1n) is 8.10. The molecule has 2 heterocycles. The van der Waals surface area contributed by atoms with Crippen molar-refractivity contribution in [1.82, 2.24) is 20.4 Å². The van der Waals surface area contributed by atoms with Gasteiger partial charge in [-0.15, -0.1) is 12.4 Å². The normalized spacial score (nSPS) is 22.9. The number of rotatable bonds is 4. The van der Waals surface area contributed by atoms with Gasteiger partial charge in [-0.25, -0.2) is 4.79 Å². The van der Waals surface area contributed by atoms with E-state index >= 15 is 0 Å². The van der Waals surface area contributed by atoms with Gasteiger partial charge in [0.05, 0.1) is 5.92 Å². The summed E-state index contributed by atoms with van der Waals surface area (Å²) in [6.07, 6.45) is 4.00. The van der Waals surface area contributed by atoms with Crippen LogP contribution in [0.25, 0.3) is 0 Å². The molecule has 0 spiro atoms. The molecular weight excluding hydrogens is 304 g/mol. The molecule has 0 aromatic rings. The van der Waals surface area contributed by atoms with Crippen LogP contribution >= 0.6 is 12.4 Å². The van der Waals surface area contributed by atoms with Crippen LogP contribution in [0.2, 0.25) is 0 Å². The Balaban J connectivity index is 0.00000242. The van der Waals surface area contributed by atoms with Crippen LogP contribution < -0.4 is 10.6 Å². The highest BCUT2D eigenvalue weighted by Gasteiger charge is 2.31. The van der Waals surface area contributed by atoms with Gasteiger partial charge in [-0.1, -0.05) is 0 Å². The van der Waals surface area contributed by atoms with Gasteiger partial charge in [-0.2, -0.15) is 0 Å². The van der Waals surface area contributed by atoms with Crippen LogP contribution in [0.3, 0.4) is 0 Å². The lowest BCUT2D eigenvalue weighted by atomic mass is 9.97. The summed E-state index contributed by atoms with van der Waals surface area (Å²) < 4.78 is 0. The summed E-state index contributed by atoms with van der Waals surface area (Å²) in [5.41, 5.74) is 0. The lowest BCUT2D eigenvalue weighted by Crippen LogP contribution is -2.50. The van der Waals surface area contributed by atoms with Crippen molar-refractivity contribution in [3.05, 3.63) is 0 Å². The van der Waals surface area contributed by atoms with Crippen LogP contribution in [0.15, 0.2) is 0 Å². The zero-order chi connectivity index (χ0) is 15.2. The standard InChI is InChI=1S/C15H28N4O2.ClH/c1-12(16-2)10-17-14(20)13-6-5-9-19(11-13)15(21)18-7-3-4-8-18;/h12-13,16H,3-11H2,1-2H3,(H,17,20);1H. The molecule has 2 atom stereocenters. The van der Waals surface area contributed by atoms with Gasteiger partial charge in [0.1, 0.15) is 0 Å². The number of carbonyl (C=O) groups excluding carboxylic acids is 2. The number of hydrogen-bond acceptors (Lipinski definition) is 3. The van der Waals surface area contributed by atoms with E-state index in [2.05, 4.69) is 10.6 Å². The molecule has 7 heteroatoms. The van der Waals surface area contributed by atoms with Crippen LogP contribution in [0.1, 0.15) is 32.6 Å². The van der Waals surface area contributed by atoms with E-state index in [1.54, 1.807) is 0 Å².